The van der Waals surface area contributed by atoms with E-state index in [1.807, 2.05) is 32.4 Å². The van der Waals surface area contributed by atoms with Crippen LogP contribution in [0.25, 0.3) is 0 Å². The van der Waals surface area contributed by atoms with Crippen LogP contribution in [0.1, 0.15) is 71.4 Å². The van der Waals surface area contributed by atoms with Gasteiger partial charge in [-0.3, -0.25) is 0 Å². The van der Waals surface area contributed by atoms with Gasteiger partial charge in [0.2, 0.25) is 5.88 Å². The minimum atomic E-state index is -4.38. The lowest BCUT2D eigenvalue weighted by Crippen LogP contribution is -2.47. The lowest BCUT2D eigenvalue weighted by Gasteiger charge is -2.33. The number of hydrogen-bond acceptors (Lipinski definition) is 7. The fraction of sp³-hybridized carbons (Fsp3) is 0.560. The summed E-state index contributed by atoms with van der Waals surface area (Å²) in [5.74, 6) is -0.738. The first-order chi connectivity index (χ1) is 17.5. The van der Waals surface area contributed by atoms with Gasteiger partial charge in [-0.25, -0.2) is 31.8 Å². The zero-order chi connectivity index (χ0) is 28.6. The van der Waals surface area contributed by atoms with E-state index in [1.165, 1.54) is 21.7 Å². The van der Waals surface area contributed by atoms with Gasteiger partial charge in [0.1, 0.15) is 18.0 Å². The summed E-state index contributed by atoms with van der Waals surface area (Å²) in [4.78, 5) is 26.3. The molecule has 0 saturated carbocycles. The number of likely N-dealkylation sites (N-methyl/N-ethyl adjacent to an activating group) is 1. The highest BCUT2D eigenvalue weighted by atomic mass is 32.2. The maximum Gasteiger partial charge on any atom is 0.410 e. The van der Waals surface area contributed by atoms with E-state index in [0.29, 0.717) is 16.8 Å². The number of benzene rings is 1. The Morgan fingerprint density at radius 2 is 1.76 bits per heavy atom. The average Bonchev–Trinajstić information content (AvgIpc) is 3.21. The molecule has 210 valence electrons. The first-order valence-corrected chi connectivity index (χ1v) is 13.8. The number of fused-ring (bicyclic) bond motifs is 1. The van der Waals surface area contributed by atoms with Gasteiger partial charge in [-0.15, -0.1) is 0 Å². The fourth-order valence-electron chi connectivity index (χ4n) is 3.98. The number of carbonyl (C=O) groups is 2. The van der Waals surface area contributed by atoms with Crippen LogP contribution in [0.4, 0.5) is 19.7 Å². The van der Waals surface area contributed by atoms with E-state index in [2.05, 4.69) is 10.4 Å². The summed E-state index contributed by atoms with van der Waals surface area (Å²) in [7, 11) is -2.82. The maximum atomic E-state index is 14.2. The molecule has 1 aromatic carbocycles. The van der Waals surface area contributed by atoms with Crippen molar-refractivity contribution in [3.05, 3.63) is 35.3 Å². The monoisotopic (exact) mass is 553 g/mol. The Morgan fingerprint density at radius 3 is 2.29 bits per heavy atom. The number of urea groups is 1. The summed E-state index contributed by atoms with van der Waals surface area (Å²) in [6.07, 6.45) is 0.535. The number of ether oxygens (including phenoxy) is 2. The van der Waals surface area contributed by atoms with E-state index in [4.69, 9.17) is 9.47 Å². The Balaban J connectivity index is 1.78. The molecule has 2 aromatic rings. The molecular weight excluding hydrogens is 517 g/mol. The molecular formula is C25H36FN5O6S. The number of nitrogens with one attached hydrogen (secondary N) is 2. The first-order valence-electron chi connectivity index (χ1n) is 12.3. The van der Waals surface area contributed by atoms with Crippen molar-refractivity contribution in [3.63, 3.8) is 0 Å². The van der Waals surface area contributed by atoms with Gasteiger partial charge in [0.15, 0.2) is 4.90 Å². The minimum Gasteiger partial charge on any atom is -0.475 e. The molecule has 1 aromatic heterocycles. The second-order valence-corrected chi connectivity index (χ2v) is 12.5. The third-order valence-electron chi connectivity index (χ3n) is 5.95. The number of anilines is 1. The van der Waals surface area contributed by atoms with Crippen molar-refractivity contribution in [2.24, 2.45) is 0 Å². The molecule has 11 nitrogen and oxygen atoms in total. The molecule has 38 heavy (non-hydrogen) atoms. The Bertz CT molecular complexity index is 1290. The van der Waals surface area contributed by atoms with Crippen LogP contribution < -0.4 is 14.8 Å². The Morgan fingerprint density at radius 1 is 1.18 bits per heavy atom. The Hall–Kier alpha value is -3.35. The van der Waals surface area contributed by atoms with Gasteiger partial charge in [-0.1, -0.05) is 27.7 Å². The molecule has 0 spiro atoms. The predicted octanol–water partition coefficient (Wildman–Crippen LogP) is 4.41. The van der Waals surface area contributed by atoms with Gasteiger partial charge in [-0.2, -0.15) is 5.10 Å². The first kappa shape index (κ1) is 29.2. The van der Waals surface area contributed by atoms with Gasteiger partial charge in [0.25, 0.3) is 10.0 Å². The number of aromatic nitrogens is 2. The molecule has 1 aliphatic rings. The van der Waals surface area contributed by atoms with Crippen LogP contribution >= 0.6 is 0 Å². The molecule has 0 bridgehead atoms. The molecule has 0 fully saturated rings. The summed E-state index contributed by atoms with van der Waals surface area (Å²) >= 11 is 0. The number of hydrogen-bond donors (Lipinski definition) is 2. The Kier molecular flexibility index (Phi) is 8.30. The van der Waals surface area contributed by atoms with Crippen LogP contribution in [0.3, 0.4) is 0 Å². The van der Waals surface area contributed by atoms with Crippen molar-refractivity contribution in [2.75, 3.05) is 19.0 Å². The SMILES string of the molecule is CC(C)c1cc(F)cc(C(C)C)c1NC(=O)NS(=O)(=O)c1cnn2c1OC[C@H](N(C)C(=O)OC(C)(C)C)C2. The van der Waals surface area contributed by atoms with Gasteiger partial charge < -0.3 is 19.7 Å². The molecule has 3 amide bonds. The van der Waals surface area contributed by atoms with E-state index in [9.17, 15) is 22.4 Å². The third-order valence-corrected chi connectivity index (χ3v) is 7.26. The lowest BCUT2D eigenvalue weighted by molar-refractivity contribution is 0.0101. The quantitative estimate of drug-likeness (QED) is 0.542. The molecule has 2 N–H and O–H groups in total. The normalized spacial score (nSPS) is 15.6. The van der Waals surface area contributed by atoms with Gasteiger partial charge in [0.05, 0.1) is 18.8 Å². The highest BCUT2D eigenvalue weighted by Crippen LogP contribution is 2.34. The van der Waals surface area contributed by atoms with Crippen molar-refractivity contribution in [2.45, 2.75) is 83.4 Å². The van der Waals surface area contributed by atoms with E-state index in [-0.39, 0.29) is 35.8 Å². The number of sulfonamides is 1. The van der Waals surface area contributed by atoms with Crippen LogP contribution in [0, 0.1) is 5.82 Å². The molecule has 3 rings (SSSR count). The predicted molar refractivity (Wildman–Crippen MR) is 139 cm³/mol. The van der Waals surface area contributed by atoms with Crippen molar-refractivity contribution in [1.29, 1.82) is 0 Å². The lowest BCUT2D eigenvalue weighted by atomic mass is 9.92. The largest absolute Gasteiger partial charge is 0.475 e. The summed E-state index contributed by atoms with van der Waals surface area (Å²) in [6.45, 7) is 12.8. The van der Waals surface area contributed by atoms with Crippen LogP contribution in [-0.2, 0) is 21.3 Å². The second-order valence-electron chi connectivity index (χ2n) is 10.9. The van der Waals surface area contributed by atoms with Crippen molar-refractivity contribution in [3.8, 4) is 5.88 Å². The smallest absolute Gasteiger partial charge is 0.410 e. The number of nitrogens with zero attached hydrogens (tertiary/aromatic N) is 3. The zero-order valence-corrected chi connectivity index (χ0v) is 23.8. The summed E-state index contributed by atoms with van der Waals surface area (Å²) in [5, 5.41) is 6.68. The van der Waals surface area contributed by atoms with E-state index >= 15 is 0 Å². The van der Waals surface area contributed by atoms with Gasteiger partial charge >= 0.3 is 12.1 Å². The zero-order valence-electron chi connectivity index (χ0n) is 23.0. The van der Waals surface area contributed by atoms with Crippen molar-refractivity contribution in [1.82, 2.24) is 19.4 Å². The minimum absolute atomic E-state index is 0.00122. The topological polar surface area (TPSA) is 132 Å². The summed E-state index contributed by atoms with van der Waals surface area (Å²) < 4.78 is 54.7. The molecule has 13 heteroatoms. The Labute approximate surface area is 222 Å². The number of amides is 3. The fourth-order valence-corrected chi connectivity index (χ4v) is 4.97. The maximum absolute atomic E-state index is 14.2. The molecule has 1 atom stereocenters. The number of rotatable bonds is 6. The summed E-state index contributed by atoms with van der Waals surface area (Å²) in [5.41, 5.74) is 0.788. The third kappa shape index (κ3) is 6.55. The van der Waals surface area contributed by atoms with Gasteiger partial charge in [-0.05, 0) is 55.9 Å². The molecule has 0 unspecified atom stereocenters. The summed E-state index contributed by atoms with van der Waals surface area (Å²) in [6, 6.07) is 1.20. The average molecular weight is 554 g/mol. The van der Waals surface area contributed by atoms with Gasteiger partial charge in [0, 0.05) is 12.7 Å². The van der Waals surface area contributed by atoms with E-state index < -0.39 is 39.6 Å². The standard InChI is InChI=1S/C25H36FN5O6S/c1-14(2)18-9-16(26)10-19(15(3)4)21(18)28-23(32)29-38(34,35)20-11-27-31-12-17(13-36-22(20)31)30(8)24(33)37-25(5,6)7/h9-11,14-15,17H,12-13H2,1-8H3,(H2,28,29,32)/t17-/m1/s1. The number of halogens is 1. The molecule has 0 radical (unpaired) electrons. The molecule has 2 heterocycles. The highest BCUT2D eigenvalue weighted by Gasteiger charge is 2.34. The van der Waals surface area contributed by atoms with E-state index in [0.717, 1.165) is 6.20 Å². The molecule has 1 aliphatic heterocycles. The number of carbonyl (C=O) groups excluding carboxylic acids is 2. The highest BCUT2D eigenvalue weighted by molar-refractivity contribution is 7.90. The van der Waals surface area contributed by atoms with Crippen LogP contribution in [-0.4, -0.2) is 60.5 Å². The van der Waals surface area contributed by atoms with E-state index in [1.54, 1.807) is 27.8 Å². The van der Waals surface area contributed by atoms with Crippen molar-refractivity contribution >= 4 is 27.8 Å². The van der Waals surface area contributed by atoms with Crippen molar-refractivity contribution < 1.29 is 31.9 Å². The van der Waals surface area contributed by atoms with Crippen LogP contribution in [0.2, 0.25) is 0 Å². The second kappa shape index (κ2) is 10.8. The molecule has 0 saturated heterocycles. The van der Waals surface area contributed by atoms with Crippen LogP contribution in [0.15, 0.2) is 23.2 Å². The van der Waals surface area contributed by atoms with Crippen LogP contribution in [0.5, 0.6) is 5.88 Å². The molecule has 0 aliphatic carbocycles.